The average molecular weight is 261 g/mol. The molecule has 2 atom stereocenters. The average Bonchev–Trinajstić information content (AvgIpc) is 2.77. The van der Waals surface area contributed by atoms with E-state index in [9.17, 15) is 0 Å². The molecule has 0 aromatic carbocycles. The van der Waals surface area contributed by atoms with E-state index in [2.05, 4.69) is 32.8 Å². The van der Waals surface area contributed by atoms with Crippen LogP contribution >= 0.6 is 15.9 Å². The van der Waals surface area contributed by atoms with E-state index >= 15 is 0 Å². The first-order chi connectivity index (χ1) is 6.81. The van der Waals surface area contributed by atoms with Gasteiger partial charge in [0.25, 0.3) is 0 Å². The predicted molar refractivity (Wildman–Crippen MR) is 64.0 cm³/mol. The normalized spacial score (nSPS) is 35.6. The first kappa shape index (κ1) is 10.9. The summed E-state index contributed by atoms with van der Waals surface area (Å²) in [7, 11) is 2.27. The monoisotopic (exact) mass is 260 g/mol. The smallest absolute Gasteiger partial charge is 0.0220 e. The first-order valence-corrected chi connectivity index (χ1v) is 6.93. The molecule has 0 amide bonds. The lowest BCUT2D eigenvalue weighted by molar-refractivity contribution is 0.191. The molecule has 0 bridgehead atoms. The Morgan fingerprint density at radius 2 is 1.86 bits per heavy atom. The third-order valence-electron chi connectivity index (χ3n) is 3.79. The van der Waals surface area contributed by atoms with Crippen molar-refractivity contribution in [3.63, 3.8) is 0 Å². The maximum atomic E-state index is 3.63. The molecule has 2 saturated heterocycles. The van der Waals surface area contributed by atoms with E-state index in [0.29, 0.717) is 0 Å². The van der Waals surface area contributed by atoms with Gasteiger partial charge in [-0.15, -0.1) is 0 Å². The van der Waals surface area contributed by atoms with E-state index in [1.807, 2.05) is 0 Å². The van der Waals surface area contributed by atoms with Crippen molar-refractivity contribution in [3.8, 4) is 0 Å². The lowest BCUT2D eigenvalue weighted by atomic mass is 10.2. The fourth-order valence-electron chi connectivity index (χ4n) is 2.79. The van der Waals surface area contributed by atoms with E-state index < -0.39 is 0 Å². The molecular formula is C11H21BrN2. The van der Waals surface area contributed by atoms with Crippen LogP contribution in [0.2, 0.25) is 0 Å². The Labute approximate surface area is 95.8 Å². The van der Waals surface area contributed by atoms with Gasteiger partial charge in [-0.25, -0.2) is 0 Å². The van der Waals surface area contributed by atoms with Crippen LogP contribution in [0.15, 0.2) is 0 Å². The summed E-state index contributed by atoms with van der Waals surface area (Å²) >= 11 is 3.63. The molecule has 2 aliphatic rings. The SMILES string of the molecule is CN1CCCC1CN1CCC[C@@H]1CBr. The molecule has 0 aromatic rings. The molecule has 0 aromatic heterocycles. The summed E-state index contributed by atoms with van der Waals surface area (Å²) in [6, 6.07) is 1.64. The fraction of sp³-hybridized carbons (Fsp3) is 1.00. The number of rotatable bonds is 3. The van der Waals surface area contributed by atoms with E-state index in [1.54, 1.807) is 0 Å². The van der Waals surface area contributed by atoms with Gasteiger partial charge in [0.05, 0.1) is 0 Å². The Morgan fingerprint density at radius 3 is 2.50 bits per heavy atom. The molecule has 0 radical (unpaired) electrons. The summed E-state index contributed by atoms with van der Waals surface area (Å²) in [4.78, 5) is 5.21. The quantitative estimate of drug-likeness (QED) is 0.716. The Kier molecular flexibility index (Phi) is 3.86. The van der Waals surface area contributed by atoms with Gasteiger partial charge in [-0.3, -0.25) is 4.90 Å². The second kappa shape index (κ2) is 4.95. The third-order valence-corrected chi connectivity index (χ3v) is 4.54. The van der Waals surface area contributed by atoms with Crippen molar-refractivity contribution in [1.82, 2.24) is 9.80 Å². The van der Waals surface area contributed by atoms with Crippen LogP contribution in [0.25, 0.3) is 0 Å². The van der Waals surface area contributed by atoms with Gasteiger partial charge in [0, 0.05) is 24.0 Å². The van der Waals surface area contributed by atoms with Crippen LogP contribution < -0.4 is 0 Å². The molecule has 0 saturated carbocycles. The Morgan fingerprint density at radius 1 is 1.14 bits per heavy atom. The molecule has 0 N–H and O–H groups in total. The zero-order chi connectivity index (χ0) is 9.97. The number of hydrogen-bond donors (Lipinski definition) is 0. The highest BCUT2D eigenvalue weighted by Gasteiger charge is 2.29. The van der Waals surface area contributed by atoms with Gasteiger partial charge in [-0.1, -0.05) is 15.9 Å². The van der Waals surface area contributed by atoms with Crippen molar-refractivity contribution in [2.75, 3.05) is 32.0 Å². The zero-order valence-corrected chi connectivity index (χ0v) is 10.7. The van der Waals surface area contributed by atoms with Gasteiger partial charge < -0.3 is 4.90 Å². The number of halogens is 1. The van der Waals surface area contributed by atoms with Gasteiger partial charge in [-0.2, -0.15) is 0 Å². The summed E-state index contributed by atoms with van der Waals surface area (Å²) in [6.07, 6.45) is 5.59. The van der Waals surface area contributed by atoms with Crippen molar-refractivity contribution in [1.29, 1.82) is 0 Å². The molecule has 2 nitrogen and oxygen atoms in total. The number of alkyl halides is 1. The van der Waals surface area contributed by atoms with E-state index in [4.69, 9.17) is 0 Å². The van der Waals surface area contributed by atoms with Gasteiger partial charge in [0.2, 0.25) is 0 Å². The standard InChI is InChI=1S/C11H21BrN2/c1-13-6-2-5-11(13)9-14-7-3-4-10(14)8-12/h10-11H,2-9H2,1H3/t10-,11?/m1/s1. The number of nitrogens with zero attached hydrogens (tertiary/aromatic N) is 2. The number of likely N-dealkylation sites (N-methyl/N-ethyl adjacent to an activating group) is 1. The highest BCUT2D eigenvalue weighted by Crippen LogP contribution is 2.23. The van der Waals surface area contributed by atoms with Crippen LogP contribution in [0, 0.1) is 0 Å². The molecular weight excluding hydrogens is 240 g/mol. The number of likely N-dealkylation sites (tertiary alicyclic amines) is 2. The molecule has 2 aliphatic heterocycles. The van der Waals surface area contributed by atoms with E-state index in [0.717, 1.165) is 17.4 Å². The van der Waals surface area contributed by atoms with Crippen LogP contribution in [-0.2, 0) is 0 Å². The van der Waals surface area contributed by atoms with Crippen LogP contribution in [0.3, 0.4) is 0 Å². The van der Waals surface area contributed by atoms with Gasteiger partial charge in [0.15, 0.2) is 0 Å². The summed E-state index contributed by atoms with van der Waals surface area (Å²) in [6.45, 7) is 3.92. The minimum Gasteiger partial charge on any atom is -0.302 e. The first-order valence-electron chi connectivity index (χ1n) is 5.81. The second-order valence-corrected chi connectivity index (χ2v) is 5.37. The van der Waals surface area contributed by atoms with Crippen LogP contribution in [-0.4, -0.2) is 53.9 Å². The van der Waals surface area contributed by atoms with Crippen LogP contribution in [0.4, 0.5) is 0 Å². The zero-order valence-electron chi connectivity index (χ0n) is 9.08. The summed E-state index contributed by atoms with van der Waals surface area (Å²) in [5, 5.41) is 1.16. The van der Waals surface area contributed by atoms with E-state index in [1.165, 1.54) is 45.3 Å². The van der Waals surface area contributed by atoms with Crippen molar-refractivity contribution in [2.24, 2.45) is 0 Å². The minimum absolute atomic E-state index is 0.809. The van der Waals surface area contributed by atoms with Gasteiger partial charge in [-0.05, 0) is 45.8 Å². The Hall–Kier alpha value is 0.400. The molecule has 2 rings (SSSR count). The second-order valence-electron chi connectivity index (χ2n) is 4.72. The highest BCUT2D eigenvalue weighted by molar-refractivity contribution is 9.09. The molecule has 2 heterocycles. The van der Waals surface area contributed by atoms with Crippen LogP contribution in [0.1, 0.15) is 25.7 Å². The van der Waals surface area contributed by atoms with Crippen LogP contribution in [0.5, 0.6) is 0 Å². The molecule has 2 fully saturated rings. The maximum Gasteiger partial charge on any atom is 0.0220 e. The lowest BCUT2D eigenvalue weighted by Crippen LogP contribution is -2.41. The molecule has 0 aliphatic carbocycles. The summed E-state index contributed by atoms with van der Waals surface area (Å²) in [5.74, 6) is 0. The van der Waals surface area contributed by atoms with Crippen molar-refractivity contribution < 1.29 is 0 Å². The summed E-state index contributed by atoms with van der Waals surface area (Å²) in [5.41, 5.74) is 0. The summed E-state index contributed by atoms with van der Waals surface area (Å²) < 4.78 is 0. The molecule has 1 unspecified atom stereocenters. The molecule has 82 valence electrons. The van der Waals surface area contributed by atoms with Crippen molar-refractivity contribution in [2.45, 2.75) is 37.8 Å². The van der Waals surface area contributed by atoms with Gasteiger partial charge >= 0.3 is 0 Å². The maximum absolute atomic E-state index is 3.63. The highest BCUT2D eigenvalue weighted by atomic mass is 79.9. The predicted octanol–water partition coefficient (Wildman–Crippen LogP) is 1.94. The van der Waals surface area contributed by atoms with Crippen molar-refractivity contribution in [3.05, 3.63) is 0 Å². The van der Waals surface area contributed by atoms with Crippen molar-refractivity contribution >= 4 is 15.9 Å². The van der Waals surface area contributed by atoms with E-state index in [-0.39, 0.29) is 0 Å². The largest absolute Gasteiger partial charge is 0.302 e. The molecule has 0 spiro atoms. The third kappa shape index (κ3) is 2.31. The Bertz CT molecular complexity index is 186. The Balaban J connectivity index is 1.83. The number of hydrogen-bond acceptors (Lipinski definition) is 2. The minimum atomic E-state index is 0.809. The topological polar surface area (TPSA) is 6.48 Å². The molecule has 14 heavy (non-hydrogen) atoms. The fourth-order valence-corrected chi connectivity index (χ4v) is 3.52. The van der Waals surface area contributed by atoms with Gasteiger partial charge in [0.1, 0.15) is 0 Å². The lowest BCUT2D eigenvalue weighted by Gasteiger charge is -2.29. The molecule has 3 heteroatoms.